The Balaban J connectivity index is 1.90. The second-order valence-corrected chi connectivity index (χ2v) is 4.74. The maximum Gasteiger partial charge on any atom is 0.261 e. The average Bonchev–Trinajstić information content (AvgIpc) is 2.94. The molecule has 20 heavy (non-hydrogen) atoms. The zero-order chi connectivity index (χ0) is 13.9. The van der Waals surface area contributed by atoms with Gasteiger partial charge in [-0.25, -0.2) is 0 Å². The van der Waals surface area contributed by atoms with E-state index in [1.807, 2.05) is 25.2 Å². The molecule has 1 unspecified atom stereocenters. The molecule has 2 heterocycles. The Morgan fingerprint density at radius 3 is 3.00 bits per heavy atom. The minimum absolute atomic E-state index is 0.296. The fraction of sp³-hybridized carbons (Fsp3) is 0.429. The summed E-state index contributed by atoms with van der Waals surface area (Å²) in [6, 6.07) is 5.96. The Labute approximate surface area is 117 Å². The predicted octanol–water partition coefficient (Wildman–Crippen LogP) is 1.66. The maximum atomic E-state index is 5.66. The van der Waals surface area contributed by atoms with Crippen LogP contribution in [-0.4, -0.2) is 36.4 Å². The van der Waals surface area contributed by atoms with Gasteiger partial charge in [0, 0.05) is 12.5 Å². The summed E-state index contributed by atoms with van der Waals surface area (Å²) in [7, 11) is 1.91. The topological polar surface area (TPSA) is 69.4 Å². The molecule has 0 saturated heterocycles. The quantitative estimate of drug-likeness (QED) is 0.915. The maximum absolute atomic E-state index is 5.66. The molecule has 0 radical (unpaired) electrons. The summed E-state index contributed by atoms with van der Waals surface area (Å²) in [5.41, 5.74) is 0.776. The number of likely N-dealkylation sites (N-methyl/N-ethyl adjacent to an activating group) is 1. The highest BCUT2D eigenvalue weighted by Crippen LogP contribution is 2.39. The van der Waals surface area contributed by atoms with Crippen molar-refractivity contribution in [1.29, 1.82) is 0 Å². The predicted molar refractivity (Wildman–Crippen MR) is 72.9 cm³/mol. The number of aromatic nitrogens is 2. The molecule has 1 N–H and O–H groups in total. The van der Waals surface area contributed by atoms with Crippen LogP contribution in [0.3, 0.4) is 0 Å². The van der Waals surface area contributed by atoms with E-state index in [1.165, 1.54) is 0 Å². The van der Waals surface area contributed by atoms with E-state index in [4.69, 9.17) is 14.0 Å². The van der Waals surface area contributed by atoms with Crippen LogP contribution in [0, 0.1) is 0 Å². The molecule has 3 rings (SSSR count). The number of benzene rings is 1. The number of ether oxygens (including phenoxy) is 2. The summed E-state index contributed by atoms with van der Waals surface area (Å²) in [6.07, 6.45) is 0.715. The summed E-state index contributed by atoms with van der Waals surface area (Å²) in [4.78, 5) is 4.42. The van der Waals surface area contributed by atoms with E-state index < -0.39 is 0 Å². The van der Waals surface area contributed by atoms with Crippen molar-refractivity contribution in [1.82, 2.24) is 15.5 Å². The summed E-state index contributed by atoms with van der Waals surface area (Å²) in [5, 5.41) is 7.15. The number of nitrogens with one attached hydrogen (secondary N) is 1. The molecular weight excluding hydrogens is 258 g/mol. The number of rotatable bonds is 4. The first-order chi connectivity index (χ1) is 9.78. The number of hydrogen-bond acceptors (Lipinski definition) is 6. The summed E-state index contributed by atoms with van der Waals surface area (Å²) >= 11 is 0. The Bertz CT molecular complexity index is 597. The van der Waals surface area contributed by atoms with Crippen molar-refractivity contribution >= 4 is 0 Å². The molecule has 1 aliphatic rings. The Morgan fingerprint density at radius 2 is 2.15 bits per heavy atom. The highest BCUT2D eigenvalue weighted by molar-refractivity contribution is 5.67. The first-order valence-corrected chi connectivity index (χ1v) is 6.66. The van der Waals surface area contributed by atoms with E-state index in [9.17, 15) is 0 Å². The van der Waals surface area contributed by atoms with E-state index in [2.05, 4.69) is 22.4 Å². The molecule has 106 valence electrons. The third kappa shape index (κ3) is 2.46. The molecule has 6 heteroatoms. The van der Waals surface area contributed by atoms with E-state index >= 15 is 0 Å². The van der Waals surface area contributed by atoms with Crippen molar-refractivity contribution in [3.63, 3.8) is 0 Å². The van der Waals surface area contributed by atoms with Gasteiger partial charge in [0.1, 0.15) is 13.2 Å². The van der Waals surface area contributed by atoms with Crippen molar-refractivity contribution in [2.45, 2.75) is 19.4 Å². The Hall–Kier alpha value is -2.08. The van der Waals surface area contributed by atoms with Gasteiger partial charge in [0.25, 0.3) is 5.89 Å². The van der Waals surface area contributed by atoms with Crippen LogP contribution in [0.5, 0.6) is 11.5 Å². The van der Waals surface area contributed by atoms with Crippen LogP contribution in [0.15, 0.2) is 22.7 Å². The molecule has 0 amide bonds. The van der Waals surface area contributed by atoms with E-state index in [0.717, 1.165) is 11.3 Å². The summed E-state index contributed by atoms with van der Waals surface area (Å²) in [6.45, 7) is 3.16. The molecule has 0 bridgehead atoms. The molecule has 1 aromatic heterocycles. The lowest BCUT2D eigenvalue weighted by Gasteiger charge is -2.19. The van der Waals surface area contributed by atoms with Crippen molar-refractivity contribution in [3.05, 3.63) is 24.0 Å². The Morgan fingerprint density at radius 1 is 1.30 bits per heavy atom. The highest BCUT2D eigenvalue weighted by Gasteiger charge is 2.21. The van der Waals surface area contributed by atoms with Crippen molar-refractivity contribution in [2.75, 3.05) is 20.3 Å². The van der Waals surface area contributed by atoms with Crippen LogP contribution < -0.4 is 14.8 Å². The minimum atomic E-state index is 0.296. The third-order valence-electron chi connectivity index (χ3n) is 3.25. The van der Waals surface area contributed by atoms with Crippen molar-refractivity contribution in [3.8, 4) is 23.0 Å². The molecule has 1 atom stereocenters. The largest absolute Gasteiger partial charge is 0.486 e. The molecule has 2 aromatic rings. The molecule has 0 aliphatic carbocycles. The van der Waals surface area contributed by atoms with Gasteiger partial charge in [-0.15, -0.1) is 0 Å². The van der Waals surface area contributed by atoms with Crippen LogP contribution in [0.2, 0.25) is 0 Å². The van der Waals surface area contributed by atoms with Crippen molar-refractivity contribution < 1.29 is 14.0 Å². The monoisotopic (exact) mass is 275 g/mol. The van der Waals surface area contributed by atoms with Gasteiger partial charge in [0.05, 0.1) is 5.56 Å². The number of fused-ring (bicyclic) bond motifs is 1. The van der Waals surface area contributed by atoms with Crippen molar-refractivity contribution in [2.24, 2.45) is 0 Å². The lowest BCUT2D eigenvalue weighted by molar-refractivity contribution is 0.172. The van der Waals surface area contributed by atoms with E-state index in [-0.39, 0.29) is 0 Å². The molecule has 1 aliphatic heterocycles. The van der Waals surface area contributed by atoms with E-state index in [1.54, 1.807) is 0 Å². The smallest absolute Gasteiger partial charge is 0.261 e. The minimum Gasteiger partial charge on any atom is -0.486 e. The molecule has 0 spiro atoms. The van der Waals surface area contributed by atoms with Crippen LogP contribution >= 0.6 is 0 Å². The summed E-state index contributed by atoms with van der Waals surface area (Å²) < 4.78 is 16.5. The highest BCUT2D eigenvalue weighted by atomic mass is 16.6. The van der Waals surface area contributed by atoms with E-state index in [0.29, 0.717) is 43.1 Å². The second kappa shape index (κ2) is 5.50. The fourth-order valence-electron chi connectivity index (χ4n) is 2.06. The van der Waals surface area contributed by atoms with Gasteiger partial charge >= 0.3 is 0 Å². The zero-order valence-electron chi connectivity index (χ0n) is 11.5. The number of nitrogens with zero attached hydrogens (tertiary/aromatic N) is 2. The Kier molecular flexibility index (Phi) is 3.56. The van der Waals surface area contributed by atoms with Gasteiger partial charge < -0.3 is 19.3 Å². The van der Waals surface area contributed by atoms with Gasteiger partial charge in [-0.2, -0.15) is 4.98 Å². The van der Waals surface area contributed by atoms with Gasteiger partial charge in [-0.05, 0) is 26.1 Å². The number of para-hydroxylation sites is 1. The van der Waals surface area contributed by atoms with Gasteiger partial charge in [-0.3, -0.25) is 0 Å². The second-order valence-electron chi connectivity index (χ2n) is 4.74. The first kappa shape index (κ1) is 12.9. The first-order valence-electron chi connectivity index (χ1n) is 6.66. The molecule has 1 aromatic carbocycles. The van der Waals surface area contributed by atoms with Gasteiger partial charge in [0.2, 0.25) is 0 Å². The lowest BCUT2D eigenvalue weighted by Crippen LogP contribution is -2.24. The SMILES string of the molecule is CNC(C)Cc1noc(-c2cccc3c2OCCO3)n1. The van der Waals surface area contributed by atoms with Crippen LogP contribution in [0.1, 0.15) is 12.7 Å². The van der Waals surface area contributed by atoms with Gasteiger partial charge in [0.15, 0.2) is 17.3 Å². The van der Waals surface area contributed by atoms with Crippen LogP contribution in [-0.2, 0) is 6.42 Å². The normalized spacial score (nSPS) is 15.1. The lowest BCUT2D eigenvalue weighted by atomic mass is 10.1. The molecule has 0 saturated carbocycles. The average molecular weight is 275 g/mol. The third-order valence-corrected chi connectivity index (χ3v) is 3.25. The molecule has 0 fully saturated rings. The number of hydrogen-bond donors (Lipinski definition) is 1. The molecular formula is C14H17N3O3. The zero-order valence-corrected chi connectivity index (χ0v) is 11.5. The van der Waals surface area contributed by atoms with Crippen LogP contribution in [0.4, 0.5) is 0 Å². The van der Waals surface area contributed by atoms with Gasteiger partial charge in [-0.1, -0.05) is 11.2 Å². The summed E-state index contributed by atoms with van der Waals surface area (Å²) in [5.74, 6) is 2.54. The fourth-order valence-corrected chi connectivity index (χ4v) is 2.06. The van der Waals surface area contributed by atoms with Crippen LogP contribution in [0.25, 0.3) is 11.5 Å². The standard InChI is InChI=1S/C14H17N3O3/c1-9(15-2)8-12-16-14(20-17-12)10-4-3-5-11-13(10)19-7-6-18-11/h3-5,9,15H,6-8H2,1-2H3. The molecule has 6 nitrogen and oxygen atoms in total.